The van der Waals surface area contributed by atoms with Crippen LogP contribution in [-0.2, 0) is 10.0 Å². The van der Waals surface area contributed by atoms with Gasteiger partial charge in [-0.25, -0.2) is 17.5 Å². The summed E-state index contributed by atoms with van der Waals surface area (Å²) in [6, 6.07) is 9.50. The summed E-state index contributed by atoms with van der Waals surface area (Å²) in [6.45, 7) is 1.98. The third-order valence-corrected chi connectivity index (χ3v) is 4.70. The maximum Gasteiger partial charge on any atom is 0.295 e. The maximum atomic E-state index is 13.0. The smallest absolute Gasteiger partial charge is 0.295 e. The molecule has 0 aliphatic rings. The van der Waals surface area contributed by atoms with Gasteiger partial charge in [-0.1, -0.05) is 17.7 Å². The number of aryl methyl sites for hydroxylation is 1. The third-order valence-electron chi connectivity index (χ3n) is 3.22. The molecule has 0 fully saturated rings. The molecule has 0 saturated carbocycles. The lowest BCUT2D eigenvalue weighted by Gasteiger charge is -2.09. The molecular weight excluding hydrogens is 337 g/mol. The van der Waals surface area contributed by atoms with Gasteiger partial charge in [0.25, 0.3) is 5.69 Å². The van der Waals surface area contributed by atoms with Crippen LogP contribution in [0.3, 0.4) is 0 Å². The number of hydrogen-bond donors (Lipinski definition) is 2. The summed E-state index contributed by atoms with van der Waals surface area (Å²) < 4.78 is 39.6. The summed E-state index contributed by atoms with van der Waals surface area (Å²) in [4.78, 5) is 10.3. The van der Waals surface area contributed by atoms with Crippen molar-refractivity contribution in [3.63, 3.8) is 0 Å². The van der Waals surface area contributed by atoms with E-state index in [1.807, 2.05) is 6.92 Å². The predicted octanol–water partition coefficient (Wildman–Crippen LogP) is 2.43. The minimum absolute atomic E-state index is 0.0186. The lowest BCUT2D eigenvalue weighted by molar-refractivity contribution is -0.384. The normalized spacial score (nSPS) is 11.2. The average Bonchev–Trinajstić information content (AvgIpc) is 2.53. The molecule has 0 atom stereocenters. The van der Waals surface area contributed by atoms with Crippen LogP contribution in [0, 0.1) is 22.9 Å². The van der Waals surface area contributed by atoms with Gasteiger partial charge >= 0.3 is 0 Å². The van der Waals surface area contributed by atoms with E-state index in [1.54, 1.807) is 12.1 Å². The second-order valence-corrected chi connectivity index (χ2v) is 6.82. The molecule has 9 heteroatoms. The minimum atomic E-state index is -3.65. The van der Waals surface area contributed by atoms with Gasteiger partial charge in [-0.15, -0.1) is 0 Å². The van der Waals surface area contributed by atoms with E-state index >= 15 is 0 Å². The van der Waals surface area contributed by atoms with Crippen molar-refractivity contribution in [2.75, 3.05) is 18.4 Å². The molecule has 0 unspecified atom stereocenters. The molecule has 0 heterocycles. The maximum absolute atomic E-state index is 13.0. The number of nitrogens with one attached hydrogen (secondary N) is 2. The zero-order chi connectivity index (χ0) is 17.7. The van der Waals surface area contributed by atoms with Crippen molar-refractivity contribution in [1.29, 1.82) is 0 Å². The van der Waals surface area contributed by atoms with Crippen LogP contribution in [0.5, 0.6) is 0 Å². The number of nitro groups is 1. The Morgan fingerprint density at radius 1 is 1.12 bits per heavy atom. The van der Waals surface area contributed by atoms with Crippen molar-refractivity contribution in [3.8, 4) is 0 Å². The van der Waals surface area contributed by atoms with Crippen molar-refractivity contribution in [3.05, 3.63) is 64.0 Å². The molecule has 0 saturated heterocycles. The second kappa shape index (κ2) is 7.37. The van der Waals surface area contributed by atoms with Crippen molar-refractivity contribution < 1.29 is 17.7 Å². The standard InChI is InChI=1S/C15H16FN3O4S/c1-11-2-5-13(6-3-11)24(22,23)18-9-8-17-14-7-4-12(16)10-15(14)19(20)21/h2-7,10,17-18H,8-9H2,1H3. The number of benzene rings is 2. The Kier molecular flexibility index (Phi) is 5.47. The molecule has 24 heavy (non-hydrogen) atoms. The summed E-state index contributed by atoms with van der Waals surface area (Å²) in [5, 5.41) is 13.6. The Balaban J connectivity index is 1.96. The highest BCUT2D eigenvalue weighted by Crippen LogP contribution is 2.24. The van der Waals surface area contributed by atoms with Gasteiger partial charge in [-0.3, -0.25) is 10.1 Å². The number of anilines is 1. The summed E-state index contributed by atoms with van der Waals surface area (Å²) >= 11 is 0. The van der Waals surface area contributed by atoms with Crippen LogP contribution in [0.1, 0.15) is 5.56 Å². The summed E-state index contributed by atoms with van der Waals surface area (Å²) in [6.07, 6.45) is 0. The molecule has 0 spiro atoms. The van der Waals surface area contributed by atoms with Gasteiger partial charge in [0.15, 0.2) is 0 Å². The highest BCUT2D eigenvalue weighted by Gasteiger charge is 2.15. The first-order chi connectivity index (χ1) is 11.3. The van der Waals surface area contributed by atoms with Crippen LogP contribution in [0.2, 0.25) is 0 Å². The van der Waals surface area contributed by atoms with Gasteiger partial charge in [-0.05, 0) is 31.2 Å². The van der Waals surface area contributed by atoms with Gasteiger partial charge < -0.3 is 5.32 Å². The van der Waals surface area contributed by atoms with E-state index in [0.717, 1.165) is 17.7 Å². The van der Waals surface area contributed by atoms with E-state index in [4.69, 9.17) is 0 Å². The molecule has 2 rings (SSSR count). The molecule has 7 nitrogen and oxygen atoms in total. The highest BCUT2D eigenvalue weighted by atomic mass is 32.2. The second-order valence-electron chi connectivity index (χ2n) is 5.06. The first kappa shape index (κ1) is 17.8. The van der Waals surface area contributed by atoms with E-state index < -0.39 is 26.5 Å². The van der Waals surface area contributed by atoms with E-state index in [-0.39, 0.29) is 23.7 Å². The lowest BCUT2D eigenvalue weighted by Crippen LogP contribution is -2.29. The van der Waals surface area contributed by atoms with Crippen LogP contribution in [0.25, 0.3) is 0 Å². The monoisotopic (exact) mass is 353 g/mol. The molecule has 128 valence electrons. The highest BCUT2D eigenvalue weighted by molar-refractivity contribution is 7.89. The summed E-state index contributed by atoms with van der Waals surface area (Å²) in [7, 11) is -3.65. The molecule has 0 aliphatic carbocycles. The van der Waals surface area contributed by atoms with Crippen LogP contribution in [0.15, 0.2) is 47.4 Å². The molecule has 0 amide bonds. The molecule has 2 N–H and O–H groups in total. The van der Waals surface area contributed by atoms with E-state index in [0.29, 0.717) is 0 Å². The molecule has 0 bridgehead atoms. The zero-order valence-electron chi connectivity index (χ0n) is 12.8. The van der Waals surface area contributed by atoms with E-state index in [2.05, 4.69) is 10.0 Å². The fourth-order valence-electron chi connectivity index (χ4n) is 1.99. The van der Waals surface area contributed by atoms with Gasteiger partial charge in [0, 0.05) is 13.1 Å². The Bertz CT molecular complexity index is 838. The lowest BCUT2D eigenvalue weighted by atomic mass is 10.2. The molecule has 0 radical (unpaired) electrons. The van der Waals surface area contributed by atoms with Crippen molar-refractivity contribution in [2.45, 2.75) is 11.8 Å². The Labute approximate surface area is 138 Å². The SMILES string of the molecule is Cc1ccc(S(=O)(=O)NCCNc2ccc(F)cc2[N+](=O)[O-])cc1. The van der Waals surface area contributed by atoms with Crippen molar-refractivity contribution in [1.82, 2.24) is 4.72 Å². The Morgan fingerprint density at radius 3 is 2.42 bits per heavy atom. The van der Waals surface area contributed by atoms with Gasteiger partial charge in [0.2, 0.25) is 10.0 Å². The molecule has 2 aromatic rings. The fraction of sp³-hybridized carbons (Fsp3) is 0.200. The third kappa shape index (κ3) is 4.49. The first-order valence-electron chi connectivity index (χ1n) is 7.04. The van der Waals surface area contributed by atoms with E-state index in [1.165, 1.54) is 18.2 Å². The number of rotatable bonds is 7. The molecule has 0 aromatic heterocycles. The van der Waals surface area contributed by atoms with Crippen LogP contribution >= 0.6 is 0 Å². The Morgan fingerprint density at radius 2 is 1.79 bits per heavy atom. The van der Waals surface area contributed by atoms with Crippen LogP contribution in [-0.4, -0.2) is 26.4 Å². The summed E-state index contributed by atoms with van der Waals surface area (Å²) in [5.41, 5.74) is 0.659. The molecular formula is C15H16FN3O4S. The largest absolute Gasteiger partial charge is 0.378 e. The molecule has 0 aliphatic heterocycles. The number of hydrogen-bond acceptors (Lipinski definition) is 5. The topological polar surface area (TPSA) is 101 Å². The fourth-order valence-corrected chi connectivity index (χ4v) is 3.02. The van der Waals surface area contributed by atoms with Gasteiger partial charge in [0.1, 0.15) is 11.5 Å². The van der Waals surface area contributed by atoms with Crippen LogP contribution in [0.4, 0.5) is 15.8 Å². The zero-order valence-corrected chi connectivity index (χ0v) is 13.6. The minimum Gasteiger partial charge on any atom is -0.378 e. The Hall–Kier alpha value is -2.52. The number of halogens is 1. The number of nitrogens with zero attached hydrogens (tertiary/aromatic N) is 1. The number of nitro benzene ring substituents is 1. The van der Waals surface area contributed by atoms with Crippen molar-refractivity contribution >= 4 is 21.4 Å². The van der Waals surface area contributed by atoms with Crippen LogP contribution < -0.4 is 10.0 Å². The summed E-state index contributed by atoms with van der Waals surface area (Å²) in [5.74, 6) is -0.715. The van der Waals surface area contributed by atoms with E-state index in [9.17, 15) is 22.9 Å². The predicted molar refractivity (Wildman–Crippen MR) is 87.9 cm³/mol. The van der Waals surface area contributed by atoms with Crippen molar-refractivity contribution in [2.24, 2.45) is 0 Å². The quantitative estimate of drug-likeness (QED) is 0.452. The first-order valence-corrected chi connectivity index (χ1v) is 8.52. The number of sulfonamides is 1. The van der Waals surface area contributed by atoms with Gasteiger partial charge in [0.05, 0.1) is 15.9 Å². The van der Waals surface area contributed by atoms with Gasteiger partial charge in [-0.2, -0.15) is 0 Å². The average molecular weight is 353 g/mol. The molecule has 2 aromatic carbocycles.